The minimum absolute atomic E-state index is 0.0506. The average Bonchev–Trinajstić information content (AvgIpc) is 3.54. The molecule has 3 aliphatic rings. The molecule has 3 heterocycles. The first-order valence-corrected chi connectivity index (χ1v) is 13.0. The van der Waals surface area contributed by atoms with Gasteiger partial charge < -0.3 is 29.4 Å². The van der Waals surface area contributed by atoms with E-state index in [2.05, 4.69) is 18.3 Å². The molecule has 3 saturated heterocycles. The number of epoxide rings is 1. The van der Waals surface area contributed by atoms with Crippen molar-refractivity contribution in [3.63, 3.8) is 0 Å². The van der Waals surface area contributed by atoms with Gasteiger partial charge in [0.05, 0.1) is 30.5 Å². The van der Waals surface area contributed by atoms with E-state index in [0.29, 0.717) is 13.0 Å². The normalized spacial score (nSPS) is 37.3. The quantitative estimate of drug-likeness (QED) is 0.225. The minimum Gasteiger partial charge on any atom is -0.459 e. The maximum atomic E-state index is 12.3. The van der Waals surface area contributed by atoms with Gasteiger partial charge in [0.2, 0.25) is 5.91 Å². The van der Waals surface area contributed by atoms with Crippen LogP contribution in [-0.2, 0) is 28.5 Å². The van der Waals surface area contributed by atoms with Crippen LogP contribution >= 0.6 is 0 Å². The number of amides is 1. The van der Waals surface area contributed by atoms with Crippen molar-refractivity contribution < 1.29 is 33.6 Å². The molecule has 0 saturated carbocycles. The smallest absolute Gasteiger partial charge is 0.303 e. The van der Waals surface area contributed by atoms with E-state index in [1.54, 1.807) is 13.0 Å². The summed E-state index contributed by atoms with van der Waals surface area (Å²) in [6.45, 7) is 13.8. The third kappa shape index (κ3) is 7.75. The van der Waals surface area contributed by atoms with Gasteiger partial charge in [0.25, 0.3) is 0 Å². The van der Waals surface area contributed by atoms with E-state index in [1.165, 1.54) is 13.0 Å². The maximum absolute atomic E-state index is 12.3. The number of nitrogens with one attached hydrogen (secondary N) is 1. The zero-order valence-electron chi connectivity index (χ0n) is 22.7. The van der Waals surface area contributed by atoms with Gasteiger partial charge in [0, 0.05) is 19.4 Å². The van der Waals surface area contributed by atoms with Gasteiger partial charge in [0.1, 0.15) is 23.9 Å². The number of aliphatic hydroxyl groups is 1. The predicted octanol–water partition coefficient (Wildman–Crippen LogP) is 3.38. The summed E-state index contributed by atoms with van der Waals surface area (Å²) >= 11 is 0. The molecule has 0 unspecified atom stereocenters. The van der Waals surface area contributed by atoms with E-state index in [0.717, 1.165) is 18.4 Å². The molecule has 8 heteroatoms. The topological polar surface area (TPSA) is 107 Å². The van der Waals surface area contributed by atoms with Gasteiger partial charge in [-0.1, -0.05) is 30.7 Å². The molecule has 0 radical (unpaired) electrons. The highest BCUT2D eigenvalue weighted by molar-refractivity contribution is 5.87. The lowest BCUT2D eigenvalue weighted by molar-refractivity contribution is -0.171. The summed E-state index contributed by atoms with van der Waals surface area (Å²) in [6.07, 6.45) is 9.71. The molecule has 36 heavy (non-hydrogen) atoms. The molecule has 8 atom stereocenters. The number of hydrogen-bond acceptors (Lipinski definition) is 7. The van der Waals surface area contributed by atoms with Gasteiger partial charge in [-0.05, 0) is 59.5 Å². The summed E-state index contributed by atoms with van der Waals surface area (Å²) in [5.41, 5.74) is 0.274. The van der Waals surface area contributed by atoms with Crippen LogP contribution < -0.4 is 5.32 Å². The van der Waals surface area contributed by atoms with E-state index >= 15 is 0 Å². The van der Waals surface area contributed by atoms with Crippen LogP contribution in [0.4, 0.5) is 0 Å². The molecule has 202 valence electrons. The van der Waals surface area contributed by atoms with E-state index in [1.807, 2.05) is 39.8 Å². The second-order valence-electron chi connectivity index (χ2n) is 11.2. The van der Waals surface area contributed by atoms with Crippen LogP contribution in [-0.4, -0.2) is 71.4 Å². The Balaban J connectivity index is 1.49. The summed E-state index contributed by atoms with van der Waals surface area (Å²) in [4.78, 5) is 23.3. The molecular formula is C28H43NO7. The highest BCUT2D eigenvalue weighted by Crippen LogP contribution is 2.46. The molecule has 1 spiro atoms. The zero-order chi connectivity index (χ0) is 26.7. The third-order valence-corrected chi connectivity index (χ3v) is 7.18. The average molecular weight is 506 g/mol. The highest BCUT2D eigenvalue weighted by atomic mass is 16.6. The number of ether oxygens (including phenoxy) is 4. The van der Waals surface area contributed by atoms with Crippen molar-refractivity contribution >= 4 is 11.9 Å². The van der Waals surface area contributed by atoms with Gasteiger partial charge in [-0.2, -0.15) is 0 Å². The summed E-state index contributed by atoms with van der Waals surface area (Å²) in [6, 6.07) is -0.0901. The fourth-order valence-electron chi connectivity index (χ4n) is 5.19. The van der Waals surface area contributed by atoms with E-state index in [-0.39, 0.29) is 41.6 Å². The number of hydrogen-bond donors (Lipinski definition) is 2. The predicted molar refractivity (Wildman–Crippen MR) is 136 cm³/mol. The van der Waals surface area contributed by atoms with Crippen LogP contribution in [0.1, 0.15) is 67.7 Å². The Kier molecular flexibility index (Phi) is 9.20. The molecule has 0 bridgehead atoms. The summed E-state index contributed by atoms with van der Waals surface area (Å²) < 4.78 is 23.0. The lowest BCUT2D eigenvalue weighted by Gasteiger charge is -2.41. The van der Waals surface area contributed by atoms with E-state index < -0.39 is 23.9 Å². The Hall–Kier alpha value is -2.00. The number of esters is 1. The monoisotopic (exact) mass is 505 g/mol. The van der Waals surface area contributed by atoms with Crippen molar-refractivity contribution in [2.75, 3.05) is 6.61 Å². The van der Waals surface area contributed by atoms with Crippen LogP contribution in [0.3, 0.4) is 0 Å². The van der Waals surface area contributed by atoms with E-state index in [4.69, 9.17) is 18.9 Å². The number of carbonyl (C=O) groups excluding carboxylic acids is 2. The van der Waals surface area contributed by atoms with Crippen LogP contribution in [0.5, 0.6) is 0 Å². The number of rotatable bonds is 8. The molecule has 3 fully saturated rings. The first kappa shape index (κ1) is 28.6. The minimum atomic E-state index is -0.663. The van der Waals surface area contributed by atoms with Crippen molar-refractivity contribution in [1.29, 1.82) is 0 Å². The van der Waals surface area contributed by atoms with Crippen LogP contribution in [0.25, 0.3) is 0 Å². The molecule has 8 nitrogen and oxygen atoms in total. The molecule has 0 aromatic heterocycles. The molecule has 0 aromatic carbocycles. The van der Waals surface area contributed by atoms with Gasteiger partial charge in [-0.3, -0.25) is 9.59 Å². The SMILES string of the molecule is CC(=O)O[C@@H](C)/C=C/C(=O)N[C@@H]1C[C@H](C)[C@H](C/C=C(C)/C=C/[C@H]2OC(C)(C)C[C@@]3(CO3)[C@@H]2O)O[C@@H]1C. The Bertz CT molecular complexity index is 888. The first-order chi connectivity index (χ1) is 16.8. The lowest BCUT2D eigenvalue weighted by atomic mass is 9.83. The second kappa shape index (κ2) is 11.6. The Morgan fingerprint density at radius 2 is 1.92 bits per heavy atom. The van der Waals surface area contributed by atoms with Crippen molar-refractivity contribution in [1.82, 2.24) is 5.32 Å². The van der Waals surface area contributed by atoms with Crippen LogP contribution in [0, 0.1) is 5.92 Å². The number of allylic oxidation sites excluding steroid dienone is 2. The number of aliphatic hydroxyl groups excluding tert-OH is 1. The summed E-state index contributed by atoms with van der Waals surface area (Å²) in [5.74, 6) is -0.346. The zero-order valence-corrected chi connectivity index (χ0v) is 22.7. The molecular weight excluding hydrogens is 462 g/mol. The lowest BCUT2D eigenvalue weighted by Crippen LogP contribution is -2.53. The fourth-order valence-corrected chi connectivity index (χ4v) is 5.19. The van der Waals surface area contributed by atoms with Gasteiger partial charge in [0.15, 0.2) is 0 Å². The third-order valence-electron chi connectivity index (χ3n) is 7.18. The van der Waals surface area contributed by atoms with Crippen molar-refractivity contribution in [3.8, 4) is 0 Å². The number of carbonyl (C=O) groups is 2. The highest BCUT2D eigenvalue weighted by Gasteiger charge is 2.60. The Morgan fingerprint density at radius 1 is 1.22 bits per heavy atom. The fraction of sp³-hybridized carbons (Fsp3) is 0.714. The molecule has 0 aliphatic carbocycles. The van der Waals surface area contributed by atoms with Crippen LogP contribution in [0.15, 0.2) is 36.0 Å². The molecule has 2 N–H and O–H groups in total. The maximum Gasteiger partial charge on any atom is 0.303 e. The van der Waals surface area contributed by atoms with Crippen molar-refractivity contribution in [2.24, 2.45) is 5.92 Å². The summed E-state index contributed by atoms with van der Waals surface area (Å²) in [7, 11) is 0. The van der Waals surface area contributed by atoms with Crippen molar-refractivity contribution in [2.45, 2.75) is 115 Å². The standard InChI is InChI=1S/C28H43NO7/c1-17(9-12-24-26(32)28(16-33-28)15-27(6,7)36-24)8-11-23-18(2)14-22(20(4)35-23)29-25(31)13-10-19(3)34-21(5)30/h8-10,12-13,18-20,22-24,26,32H,11,14-16H2,1-7H3,(H,29,31)/b12-9+,13-10+,17-8+/t18-,19-,20+,22+,23-,24+,26+,28+/m0/s1. The molecule has 3 rings (SSSR count). The Morgan fingerprint density at radius 3 is 2.56 bits per heavy atom. The largest absolute Gasteiger partial charge is 0.459 e. The molecule has 0 aromatic rings. The Labute approximate surface area is 215 Å². The van der Waals surface area contributed by atoms with Gasteiger partial charge >= 0.3 is 5.97 Å². The van der Waals surface area contributed by atoms with Gasteiger partial charge in [-0.15, -0.1) is 0 Å². The molecule has 1 amide bonds. The second-order valence-corrected chi connectivity index (χ2v) is 11.2. The van der Waals surface area contributed by atoms with Crippen molar-refractivity contribution in [3.05, 3.63) is 36.0 Å². The van der Waals surface area contributed by atoms with Gasteiger partial charge in [-0.25, -0.2) is 0 Å². The first-order valence-electron chi connectivity index (χ1n) is 13.0. The van der Waals surface area contributed by atoms with Crippen LogP contribution in [0.2, 0.25) is 0 Å². The van der Waals surface area contributed by atoms with E-state index in [9.17, 15) is 14.7 Å². The molecule has 3 aliphatic heterocycles. The summed E-state index contributed by atoms with van der Waals surface area (Å²) in [5, 5.41) is 13.7.